The number of aryl methyl sites for hydroxylation is 1. The van der Waals surface area contributed by atoms with Crippen LogP contribution in [-0.2, 0) is 22.6 Å². The summed E-state index contributed by atoms with van der Waals surface area (Å²) in [4.78, 5) is 26.4. The molecule has 2 amide bonds. The Balaban J connectivity index is 1.44. The average Bonchev–Trinajstić information content (AvgIpc) is 3.16. The summed E-state index contributed by atoms with van der Waals surface area (Å²) in [5, 5.41) is 8.11. The first kappa shape index (κ1) is 19.2. The first-order valence-corrected chi connectivity index (χ1v) is 9.93. The molecule has 2 heterocycles. The summed E-state index contributed by atoms with van der Waals surface area (Å²) < 4.78 is 1.77. The fraction of sp³-hybridized carbons (Fsp3) is 0.227. The molecule has 2 aromatic carbocycles. The Morgan fingerprint density at radius 2 is 1.93 bits per heavy atom. The van der Waals surface area contributed by atoms with Gasteiger partial charge in [0.2, 0.25) is 11.8 Å². The van der Waals surface area contributed by atoms with Gasteiger partial charge < -0.3 is 5.32 Å². The molecule has 29 heavy (non-hydrogen) atoms. The molecular formula is C22H21ClN4O2. The van der Waals surface area contributed by atoms with Crippen molar-refractivity contribution in [3.8, 4) is 11.3 Å². The molecule has 0 unspecified atom stereocenters. The number of carbonyl (C=O) groups is 2. The summed E-state index contributed by atoms with van der Waals surface area (Å²) in [7, 11) is 0. The summed E-state index contributed by atoms with van der Waals surface area (Å²) in [5.41, 5.74) is 2.76. The third kappa shape index (κ3) is 4.49. The van der Waals surface area contributed by atoms with E-state index in [1.807, 2.05) is 54.6 Å². The number of amides is 2. The lowest BCUT2D eigenvalue weighted by molar-refractivity contribution is -0.124. The molecule has 1 N–H and O–H groups in total. The number of fused-ring (bicyclic) bond motifs is 1. The van der Waals surface area contributed by atoms with Gasteiger partial charge in [-0.25, -0.2) is 4.68 Å². The van der Waals surface area contributed by atoms with Crippen LogP contribution in [0.3, 0.4) is 0 Å². The van der Waals surface area contributed by atoms with Gasteiger partial charge in [-0.15, -0.1) is 0 Å². The van der Waals surface area contributed by atoms with Crippen LogP contribution in [0.5, 0.6) is 0 Å². The van der Waals surface area contributed by atoms with E-state index in [1.54, 1.807) is 10.7 Å². The predicted octanol–water partition coefficient (Wildman–Crippen LogP) is 3.30. The van der Waals surface area contributed by atoms with Gasteiger partial charge in [0.1, 0.15) is 12.4 Å². The van der Waals surface area contributed by atoms with Gasteiger partial charge in [0.15, 0.2) is 0 Å². The zero-order valence-electron chi connectivity index (χ0n) is 15.8. The third-order valence-electron chi connectivity index (χ3n) is 4.87. The number of rotatable bonds is 6. The Kier molecular flexibility index (Phi) is 5.62. The summed E-state index contributed by atoms with van der Waals surface area (Å²) in [6, 6.07) is 19.2. The number of anilines is 1. The highest BCUT2D eigenvalue weighted by atomic mass is 35.5. The summed E-state index contributed by atoms with van der Waals surface area (Å²) in [6.07, 6.45) is 1.07. The zero-order chi connectivity index (χ0) is 20.2. The maximum atomic E-state index is 12.5. The molecule has 0 radical (unpaired) electrons. The fourth-order valence-corrected chi connectivity index (χ4v) is 3.59. The van der Waals surface area contributed by atoms with Crippen molar-refractivity contribution in [3.05, 3.63) is 71.2 Å². The Morgan fingerprint density at radius 1 is 1.10 bits per heavy atom. The minimum absolute atomic E-state index is 0.0195. The minimum Gasteiger partial charge on any atom is -0.354 e. The number of nitrogens with one attached hydrogen (secondary N) is 1. The highest BCUT2D eigenvalue weighted by molar-refractivity contribution is 6.30. The van der Waals surface area contributed by atoms with Crippen LogP contribution in [0, 0.1) is 0 Å². The van der Waals surface area contributed by atoms with Crippen molar-refractivity contribution in [3.63, 3.8) is 0 Å². The van der Waals surface area contributed by atoms with Crippen molar-refractivity contribution in [2.24, 2.45) is 0 Å². The number of hydrogen-bond acceptors (Lipinski definition) is 3. The van der Waals surface area contributed by atoms with Crippen molar-refractivity contribution in [1.82, 2.24) is 15.1 Å². The molecule has 7 heteroatoms. The molecule has 1 aliphatic rings. The van der Waals surface area contributed by atoms with Crippen molar-refractivity contribution in [2.75, 3.05) is 18.0 Å². The van der Waals surface area contributed by atoms with Crippen molar-refractivity contribution >= 4 is 29.2 Å². The Morgan fingerprint density at radius 3 is 2.72 bits per heavy atom. The van der Waals surface area contributed by atoms with Crippen molar-refractivity contribution in [2.45, 2.75) is 19.4 Å². The molecule has 148 valence electrons. The second kappa shape index (κ2) is 8.49. The lowest BCUT2D eigenvalue weighted by Gasteiger charge is -2.26. The Hall–Kier alpha value is -3.12. The quantitative estimate of drug-likeness (QED) is 0.680. The van der Waals surface area contributed by atoms with Crippen LogP contribution in [0.15, 0.2) is 60.7 Å². The minimum atomic E-state index is -0.187. The van der Waals surface area contributed by atoms with E-state index in [-0.39, 0.29) is 18.4 Å². The second-order valence-electron chi connectivity index (χ2n) is 6.94. The van der Waals surface area contributed by atoms with Crippen molar-refractivity contribution < 1.29 is 9.59 Å². The van der Waals surface area contributed by atoms with Crippen LogP contribution in [0.2, 0.25) is 5.02 Å². The maximum Gasteiger partial charge on any atom is 0.240 e. The fourth-order valence-electron chi connectivity index (χ4n) is 3.40. The smallest absolute Gasteiger partial charge is 0.240 e. The van der Waals surface area contributed by atoms with E-state index < -0.39 is 0 Å². The Bertz CT molecular complexity index is 1030. The molecular weight excluding hydrogens is 388 g/mol. The molecule has 0 saturated carbocycles. The van der Waals surface area contributed by atoms with Crippen molar-refractivity contribution in [1.29, 1.82) is 0 Å². The number of aromatic nitrogens is 2. The van der Waals surface area contributed by atoms with Gasteiger partial charge in [-0.3, -0.25) is 14.5 Å². The molecule has 0 spiro atoms. The number of halogens is 1. The molecule has 4 rings (SSSR count). The topological polar surface area (TPSA) is 67.2 Å². The molecule has 0 atom stereocenters. The lowest BCUT2D eigenvalue weighted by atomic mass is 10.1. The maximum absolute atomic E-state index is 12.5. The lowest BCUT2D eigenvalue weighted by Crippen LogP contribution is -2.44. The van der Waals surface area contributed by atoms with E-state index >= 15 is 0 Å². The van der Waals surface area contributed by atoms with Crippen LogP contribution in [0.25, 0.3) is 11.3 Å². The third-order valence-corrected chi connectivity index (χ3v) is 5.11. The highest BCUT2D eigenvalue weighted by Crippen LogP contribution is 2.29. The number of nitrogens with zero attached hydrogens (tertiary/aromatic N) is 3. The van der Waals surface area contributed by atoms with E-state index in [9.17, 15) is 9.59 Å². The van der Waals surface area contributed by atoms with E-state index in [0.717, 1.165) is 23.2 Å². The van der Waals surface area contributed by atoms with E-state index in [2.05, 4.69) is 10.4 Å². The van der Waals surface area contributed by atoms with Crippen LogP contribution < -0.4 is 10.2 Å². The molecule has 0 fully saturated rings. The van der Waals surface area contributed by atoms with Gasteiger partial charge in [-0.2, -0.15) is 5.10 Å². The first-order chi connectivity index (χ1) is 14.1. The largest absolute Gasteiger partial charge is 0.354 e. The standard InChI is InChI=1S/C22H21ClN4O2/c23-18-8-4-7-17(13-18)19-14-21-26(22(29)10-12-27(21)25-19)15-20(28)24-11-9-16-5-2-1-3-6-16/h1-8,13-14H,9-12,15H2,(H,24,28). The molecule has 6 nitrogen and oxygen atoms in total. The molecule has 0 saturated heterocycles. The average molecular weight is 409 g/mol. The molecule has 3 aromatic rings. The molecule has 0 aliphatic carbocycles. The first-order valence-electron chi connectivity index (χ1n) is 9.55. The van der Waals surface area contributed by atoms with Gasteiger partial charge >= 0.3 is 0 Å². The Labute approximate surface area is 174 Å². The predicted molar refractivity (Wildman–Crippen MR) is 113 cm³/mol. The van der Waals surface area contributed by atoms with E-state index in [4.69, 9.17) is 11.6 Å². The van der Waals surface area contributed by atoms with Gasteiger partial charge in [-0.1, -0.05) is 54.1 Å². The zero-order valence-corrected chi connectivity index (χ0v) is 16.6. The SMILES string of the molecule is O=C(CN1C(=O)CCn2nc(-c3cccc(Cl)c3)cc21)NCCc1ccccc1. The van der Waals surface area contributed by atoms with Crippen LogP contribution >= 0.6 is 11.6 Å². The van der Waals surface area contributed by atoms with Crippen LogP contribution in [0.1, 0.15) is 12.0 Å². The second-order valence-corrected chi connectivity index (χ2v) is 7.37. The van der Waals surface area contributed by atoms with Gasteiger partial charge in [0.25, 0.3) is 0 Å². The van der Waals surface area contributed by atoms with Crippen LogP contribution in [-0.4, -0.2) is 34.7 Å². The molecule has 1 aliphatic heterocycles. The van der Waals surface area contributed by atoms with Gasteiger partial charge in [-0.05, 0) is 24.1 Å². The number of hydrogen-bond donors (Lipinski definition) is 1. The number of benzene rings is 2. The highest BCUT2D eigenvalue weighted by Gasteiger charge is 2.28. The van der Waals surface area contributed by atoms with E-state index in [1.165, 1.54) is 4.90 Å². The van der Waals surface area contributed by atoms with E-state index in [0.29, 0.717) is 30.4 Å². The summed E-state index contributed by atoms with van der Waals surface area (Å²) in [6.45, 7) is 1.01. The monoisotopic (exact) mass is 408 g/mol. The van der Waals surface area contributed by atoms with Gasteiger partial charge in [0.05, 0.1) is 12.2 Å². The molecule has 0 bridgehead atoms. The summed E-state index contributed by atoms with van der Waals surface area (Å²) >= 11 is 6.08. The normalized spacial score (nSPS) is 13.3. The molecule has 1 aromatic heterocycles. The number of carbonyl (C=O) groups excluding carboxylic acids is 2. The summed E-state index contributed by atoms with van der Waals surface area (Å²) in [5.74, 6) is 0.371. The van der Waals surface area contributed by atoms with Gasteiger partial charge in [0, 0.05) is 29.6 Å². The van der Waals surface area contributed by atoms with Crippen LogP contribution in [0.4, 0.5) is 5.82 Å².